The zero-order chi connectivity index (χ0) is 28.2. The highest BCUT2D eigenvalue weighted by Crippen LogP contribution is 2.46. The monoisotopic (exact) mass is 578 g/mol. The van der Waals surface area contributed by atoms with Gasteiger partial charge in [0, 0.05) is 36.0 Å². The van der Waals surface area contributed by atoms with Gasteiger partial charge in [-0.25, -0.2) is 9.48 Å². The molecule has 3 heterocycles. The number of primary amides is 1. The van der Waals surface area contributed by atoms with Crippen molar-refractivity contribution in [2.45, 2.75) is 23.1 Å². The van der Waals surface area contributed by atoms with E-state index in [0.29, 0.717) is 22.9 Å². The maximum absolute atomic E-state index is 13.3. The summed E-state index contributed by atoms with van der Waals surface area (Å²) in [5.74, 6) is -1.66. The molecule has 2 unspecified atom stereocenters. The lowest BCUT2D eigenvalue weighted by atomic mass is 9.89. The minimum atomic E-state index is -1.29. The van der Waals surface area contributed by atoms with Crippen LogP contribution in [0.1, 0.15) is 0 Å². The summed E-state index contributed by atoms with van der Waals surface area (Å²) in [6, 6.07) is 4.86. The van der Waals surface area contributed by atoms with E-state index in [4.69, 9.17) is 11.5 Å². The number of fused-ring (bicyclic) bond motifs is 1. The Morgan fingerprint density at radius 3 is 2.69 bits per heavy atom. The van der Waals surface area contributed by atoms with Crippen LogP contribution in [-0.2, 0) is 25.7 Å². The number of amides is 5. The molecule has 2 aliphatic heterocycles. The number of carbonyl (C=O) groups is 5. The Kier molecular flexibility index (Phi) is 8.56. The van der Waals surface area contributed by atoms with Crippen LogP contribution in [0, 0.1) is 5.41 Å². The first-order valence-electron chi connectivity index (χ1n) is 11.6. The van der Waals surface area contributed by atoms with Gasteiger partial charge in [-0.1, -0.05) is 11.8 Å². The van der Waals surface area contributed by atoms with E-state index in [1.54, 1.807) is 24.3 Å². The van der Waals surface area contributed by atoms with Gasteiger partial charge in [0.15, 0.2) is 0 Å². The molecule has 18 heteroatoms. The van der Waals surface area contributed by atoms with Crippen LogP contribution in [0.5, 0.6) is 0 Å². The molecule has 0 aliphatic carbocycles. The number of carboxylic acids is 1. The molecule has 7 N–H and O–H groups in total. The Hall–Kier alpha value is -3.90. The molecule has 2 saturated heterocycles. The second kappa shape index (κ2) is 11.9. The summed E-state index contributed by atoms with van der Waals surface area (Å²) in [7, 11) is 0. The molecule has 208 valence electrons. The third-order valence-electron chi connectivity index (χ3n) is 6.26. The summed E-state index contributed by atoms with van der Waals surface area (Å²) >= 11 is 2.41. The molecular weight excluding hydrogens is 552 g/mol. The van der Waals surface area contributed by atoms with Crippen molar-refractivity contribution >= 4 is 65.1 Å². The Labute approximate surface area is 230 Å². The average Bonchev–Trinajstić information content (AvgIpc) is 3.37. The SMILES string of the molecule is NCC(=O)N(c1ccc(NC=O)cc1)C1C(=O)N2CC(CSc3nnnn3CCNC(N)=O)(C(=O)O)CS[C@H]12. The summed E-state index contributed by atoms with van der Waals surface area (Å²) in [5, 5.41) is 26.4. The van der Waals surface area contributed by atoms with E-state index in [0.717, 1.165) is 11.8 Å². The fourth-order valence-corrected chi connectivity index (χ4v) is 7.07. The summed E-state index contributed by atoms with van der Waals surface area (Å²) in [5.41, 5.74) is 10.4. The first-order chi connectivity index (χ1) is 18.7. The molecule has 16 nitrogen and oxygen atoms in total. The van der Waals surface area contributed by atoms with Crippen LogP contribution in [0.25, 0.3) is 0 Å². The lowest BCUT2D eigenvalue weighted by Gasteiger charge is -2.56. The number of hydrogen-bond acceptors (Lipinski definition) is 11. The number of rotatable bonds is 12. The van der Waals surface area contributed by atoms with Crippen LogP contribution in [0.15, 0.2) is 29.4 Å². The fraction of sp³-hybridized carbons (Fsp3) is 0.429. The molecule has 3 atom stereocenters. The summed E-state index contributed by atoms with van der Waals surface area (Å²) in [6.07, 6.45) is 0.526. The van der Waals surface area contributed by atoms with E-state index in [2.05, 4.69) is 26.2 Å². The van der Waals surface area contributed by atoms with Gasteiger partial charge in [-0.3, -0.25) is 24.1 Å². The van der Waals surface area contributed by atoms with Gasteiger partial charge in [0.25, 0.3) is 0 Å². The summed E-state index contributed by atoms with van der Waals surface area (Å²) in [4.78, 5) is 62.9. The Bertz CT molecular complexity index is 1260. The third-order valence-corrected chi connectivity index (χ3v) is 9.08. The second-order valence-corrected chi connectivity index (χ2v) is 10.8. The van der Waals surface area contributed by atoms with E-state index in [9.17, 15) is 29.1 Å². The van der Waals surface area contributed by atoms with Crippen LogP contribution in [-0.4, -0.2) is 103 Å². The number of hydrogen-bond donors (Lipinski definition) is 5. The minimum Gasteiger partial charge on any atom is -0.481 e. The Morgan fingerprint density at radius 2 is 2.05 bits per heavy atom. The van der Waals surface area contributed by atoms with Gasteiger partial charge in [0.05, 0.1) is 13.1 Å². The van der Waals surface area contributed by atoms with Crippen molar-refractivity contribution in [2.24, 2.45) is 16.9 Å². The highest BCUT2D eigenvalue weighted by molar-refractivity contribution is 8.00. The van der Waals surface area contributed by atoms with Gasteiger partial charge in [0.1, 0.15) is 16.8 Å². The average molecular weight is 579 g/mol. The molecule has 2 aliphatic rings. The lowest BCUT2D eigenvalue weighted by molar-refractivity contribution is -0.156. The number of β-lactam (4-membered cyclic amide) rings is 1. The number of aliphatic carboxylic acids is 1. The van der Waals surface area contributed by atoms with E-state index >= 15 is 0 Å². The zero-order valence-corrected chi connectivity index (χ0v) is 22.1. The molecule has 2 aromatic rings. The highest BCUT2D eigenvalue weighted by atomic mass is 32.2. The predicted octanol–water partition coefficient (Wildman–Crippen LogP) is -1.65. The van der Waals surface area contributed by atoms with Gasteiger partial charge >= 0.3 is 12.0 Å². The quantitative estimate of drug-likeness (QED) is 0.108. The molecule has 0 bridgehead atoms. The highest BCUT2D eigenvalue weighted by Gasteiger charge is 2.59. The van der Waals surface area contributed by atoms with Crippen molar-refractivity contribution in [3.8, 4) is 0 Å². The first kappa shape index (κ1) is 28.1. The number of urea groups is 1. The standard InChI is InChI=1S/C21H26N10O6S2/c22-7-14(33)31(13-3-1-12(2-4-13)25-11-32)15-16(34)29-8-21(18(35)36,9-38-17(15)29)10-39-20-26-27-28-30(20)6-5-24-19(23)37/h1-4,11,15,17H,5-10,22H2,(H,25,32)(H,35,36)(H3,23,24,37)/t15?,17-,21?/m1/s1. The van der Waals surface area contributed by atoms with Crippen LogP contribution in [0.4, 0.5) is 16.2 Å². The fourth-order valence-electron chi connectivity index (χ4n) is 4.26. The molecule has 2 fully saturated rings. The number of carbonyl (C=O) groups excluding carboxylic acids is 4. The number of thioether (sulfide) groups is 2. The molecule has 1 aromatic heterocycles. The molecule has 39 heavy (non-hydrogen) atoms. The van der Waals surface area contributed by atoms with E-state index < -0.39 is 34.7 Å². The topological polar surface area (TPSA) is 232 Å². The largest absolute Gasteiger partial charge is 0.481 e. The van der Waals surface area contributed by atoms with E-state index in [1.165, 1.54) is 26.2 Å². The molecule has 5 amide bonds. The van der Waals surface area contributed by atoms with Crippen molar-refractivity contribution in [3.63, 3.8) is 0 Å². The van der Waals surface area contributed by atoms with Gasteiger partial charge in [-0.05, 0) is 34.7 Å². The smallest absolute Gasteiger partial charge is 0.313 e. The van der Waals surface area contributed by atoms with Crippen LogP contribution < -0.4 is 27.0 Å². The van der Waals surface area contributed by atoms with E-state index in [-0.39, 0.29) is 43.6 Å². The number of carboxylic acid groups (broad SMARTS) is 1. The van der Waals surface area contributed by atoms with Gasteiger partial charge in [-0.2, -0.15) is 0 Å². The van der Waals surface area contributed by atoms with Crippen molar-refractivity contribution < 1.29 is 29.1 Å². The molecule has 1 aromatic carbocycles. The molecule has 4 rings (SSSR count). The first-order valence-corrected chi connectivity index (χ1v) is 13.6. The van der Waals surface area contributed by atoms with Crippen molar-refractivity contribution in [2.75, 3.05) is 41.4 Å². The number of benzene rings is 1. The number of tetrazole rings is 1. The molecular formula is C21H26N10O6S2. The lowest BCUT2D eigenvalue weighted by Crippen LogP contribution is -2.75. The van der Waals surface area contributed by atoms with E-state index in [1.807, 2.05) is 0 Å². The number of nitrogens with two attached hydrogens (primary N) is 2. The van der Waals surface area contributed by atoms with Crippen LogP contribution in [0.2, 0.25) is 0 Å². The number of anilines is 2. The Balaban J connectivity index is 1.47. The number of aromatic nitrogens is 4. The van der Waals surface area contributed by atoms with Crippen LogP contribution >= 0.6 is 23.5 Å². The van der Waals surface area contributed by atoms with Gasteiger partial charge in [0.2, 0.25) is 23.4 Å². The molecule has 0 saturated carbocycles. The molecule has 0 spiro atoms. The normalized spacial score (nSPS) is 21.9. The number of nitrogens with one attached hydrogen (secondary N) is 2. The van der Waals surface area contributed by atoms with Crippen LogP contribution in [0.3, 0.4) is 0 Å². The maximum atomic E-state index is 13.3. The summed E-state index contributed by atoms with van der Waals surface area (Å²) in [6.45, 7) is 0.0427. The van der Waals surface area contributed by atoms with Gasteiger partial charge < -0.3 is 32.1 Å². The predicted molar refractivity (Wildman–Crippen MR) is 141 cm³/mol. The maximum Gasteiger partial charge on any atom is 0.313 e. The number of nitrogens with zero attached hydrogens (tertiary/aromatic N) is 6. The summed E-state index contributed by atoms with van der Waals surface area (Å²) < 4.78 is 1.42. The van der Waals surface area contributed by atoms with Gasteiger partial charge in [-0.15, -0.1) is 16.9 Å². The third kappa shape index (κ3) is 5.76. The Morgan fingerprint density at radius 1 is 1.31 bits per heavy atom. The second-order valence-electron chi connectivity index (χ2n) is 8.74. The van der Waals surface area contributed by atoms with Crippen molar-refractivity contribution in [3.05, 3.63) is 24.3 Å². The molecule has 0 radical (unpaired) electrons. The minimum absolute atomic E-state index is 0.0556. The van der Waals surface area contributed by atoms with Crippen molar-refractivity contribution in [1.82, 2.24) is 30.4 Å². The zero-order valence-electron chi connectivity index (χ0n) is 20.4. The van der Waals surface area contributed by atoms with Crippen molar-refractivity contribution in [1.29, 1.82) is 0 Å².